The molecule has 0 aliphatic carbocycles. The number of amides is 1. The second-order valence-electron chi connectivity index (χ2n) is 8.13. The van der Waals surface area contributed by atoms with E-state index in [2.05, 4.69) is 52.3 Å². The molecule has 154 valence electrons. The van der Waals surface area contributed by atoms with Gasteiger partial charge in [-0.05, 0) is 54.9 Å². The normalized spacial score (nSPS) is 18.5. The summed E-state index contributed by atoms with van der Waals surface area (Å²) in [5, 5.41) is 3.79. The van der Waals surface area contributed by atoms with E-state index in [1.165, 1.54) is 16.8 Å². The molecule has 2 aromatic rings. The lowest BCUT2D eigenvalue weighted by Crippen LogP contribution is -2.48. The number of hydrogen-bond acceptors (Lipinski definition) is 4. The first-order valence-electron chi connectivity index (χ1n) is 10.3. The number of hydrogen-bond donors (Lipinski definition) is 1. The average molecular weight is 413 g/mol. The quantitative estimate of drug-likeness (QED) is 0.819. The van der Waals surface area contributed by atoms with Crippen LogP contribution in [0, 0.1) is 0 Å². The van der Waals surface area contributed by atoms with Crippen LogP contribution in [0.25, 0.3) is 0 Å². The predicted octanol–water partition coefficient (Wildman–Crippen LogP) is 3.05. The van der Waals surface area contributed by atoms with Crippen LogP contribution in [-0.2, 0) is 6.42 Å². The number of rotatable bonds is 5. The maximum atomic E-state index is 12.7. The zero-order chi connectivity index (χ0) is 20.4. The Labute approximate surface area is 178 Å². The molecular weight excluding hydrogens is 384 g/mol. The van der Waals surface area contributed by atoms with Crippen molar-refractivity contribution in [3.63, 3.8) is 0 Å². The van der Waals surface area contributed by atoms with Crippen molar-refractivity contribution in [3.05, 3.63) is 64.2 Å². The van der Waals surface area contributed by atoms with Gasteiger partial charge in [0.1, 0.15) is 0 Å². The first-order valence-corrected chi connectivity index (χ1v) is 10.7. The molecule has 0 bridgehead atoms. The molecule has 1 atom stereocenters. The summed E-state index contributed by atoms with van der Waals surface area (Å²) >= 11 is 5.95. The van der Waals surface area contributed by atoms with Crippen molar-refractivity contribution in [3.8, 4) is 0 Å². The number of fused-ring (bicyclic) bond motifs is 1. The van der Waals surface area contributed by atoms with Crippen molar-refractivity contribution in [2.45, 2.75) is 12.5 Å². The summed E-state index contributed by atoms with van der Waals surface area (Å²) in [4.78, 5) is 19.8. The molecule has 4 rings (SSSR count). The molecule has 29 heavy (non-hydrogen) atoms. The number of piperazine rings is 1. The van der Waals surface area contributed by atoms with Crippen LogP contribution < -0.4 is 10.2 Å². The van der Waals surface area contributed by atoms with Gasteiger partial charge in [0.25, 0.3) is 5.91 Å². The number of carbonyl (C=O) groups is 1. The fourth-order valence-electron chi connectivity index (χ4n) is 4.28. The van der Waals surface area contributed by atoms with Gasteiger partial charge in [-0.2, -0.15) is 0 Å². The van der Waals surface area contributed by atoms with Gasteiger partial charge in [0.05, 0.1) is 6.04 Å². The van der Waals surface area contributed by atoms with Crippen molar-refractivity contribution in [2.75, 3.05) is 58.3 Å². The predicted molar refractivity (Wildman–Crippen MR) is 119 cm³/mol. The third kappa shape index (κ3) is 4.58. The second kappa shape index (κ2) is 8.74. The largest absolute Gasteiger partial charge is 0.374 e. The molecule has 1 N–H and O–H groups in total. The highest BCUT2D eigenvalue weighted by molar-refractivity contribution is 6.30. The number of nitrogens with one attached hydrogen (secondary N) is 1. The van der Waals surface area contributed by atoms with Crippen LogP contribution in [-0.4, -0.2) is 69.1 Å². The van der Waals surface area contributed by atoms with Gasteiger partial charge in [-0.15, -0.1) is 0 Å². The molecule has 0 saturated carbocycles. The Bertz CT molecular complexity index is 862. The van der Waals surface area contributed by atoms with E-state index < -0.39 is 0 Å². The van der Waals surface area contributed by atoms with Crippen LogP contribution in [0.5, 0.6) is 0 Å². The van der Waals surface area contributed by atoms with Crippen LogP contribution in [0.4, 0.5) is 5.69 Å². The zero-order valence-corrected chi connectivity index (χ0v) is 18.0. The summed E-state index contributed by atoms with van der Waals surface area (Å²) in [6.45, 7) is 5.79. The van der Waals surface area contributed by atoms with Crippen LogP contribution in [0.3, 0.4) is 0 Å². The van der Waals surface area contributed by atoms with Gasteiger partial charge in [0.15, 0.2) is 0 Å². The Morgan fingerprint density at radius 1 is 1.03 bits per heavy atom. The van der Waals surface area contributed by atoms with Crippen LogP contribution in [0.15, 0.2) is 42.5 Å². The van der Waals surface area contributed by atoms with E-state index >= 15 is 0 Å². The molecule has 1 amide bonds. The number of nitrogens with zero attached hydrogens (tertiary/aromatic N) is 3. The molecule has 5 nitrogen and oxygen atoms in total. The first kappa shape index (κ1) is 20.2. The second-order valence-corrected chi connectivity index (χ2v) is 8.57. The molecule has 1 fully saturated rings. The summed E-state index contributed by atoms with van der Waals surface area (Å²) < 4.78 is 0. The number of benzene rings is 2. The van der Waals surface area contributed by atoms with E-state index in [-0.39, 0.29) is 11.9 Å². The monoisotopic (exact) mass is 412 g/mol. The fraction of sp³-hybridized carbons (Fsp3) is 0.435. The van der Waals surface area contributed by atoms with Gasteiger partial charge in [-0.25, -0.2) is 0 Å². The van der Waals surface area contributed by atoms with Crippen molar-refractivity contribution >= 4 is 23.2 Å². The van der Waals surface area contributed by atoms with E-state index in [1.807, 2.05) is 0 Å². The number of carbonyl (C=O) groups excluding carboxylic acids is 1. The van der Waals surface area contributed by atoms with Crippen molar-refractivity contribution in [2.24, 2.45) is 0 Å². The van der Waals surface area contributed by atoms with E-state index in [0.717, 1.165) is 39.1 Å². The highest BCUT2D eigenvalue weighted by Crippen LogP contribution is 2.31. The van der Waals surface area contributed by atoms with Crippen LogP contribution in [0.2, 0.25) is 5.02 Å². The van der Waals surface area contributed by atoms with Crippen molar-refractivity contribution in [1.82, 2.24) is 15.1 Å². The van der Waals surface area contributed by atoms with E-state index in [0.29, 0.717) is 17.1 Å². The summed E-state index contributed by atoms with van der Waals surface area (Å²) in [5.74, 6) is -0.0540. The SMILES string of the molecule is CN1CCN(C(CNC(=O)c2ccc(Cl)cc2)c2ccc3c(c2)CCN3C)CC1. The zero-order valence-electron chi connectivity index (χ0n) is 17.2. The maximum Gasteiger partial charge on any atom is 0.251 e. The first-order chi connectivity index (χ1) is 14.0. The number of halogens is 1. The molecule has 0 radical (unpaired) electrons. The fourth-order valence-corrected chi connectivity index (χ4v) is 4.40. The number of anilines is 1. The van der Waals surface area contributed by atoms with Gasteiger partial charge < -0.3 is 15.1 Å². The van der Waals surface area contributed by atoms with E-state index in [1.54, 1.807) is 24.3 Å². The minimum atomic E-state index is -0.0540. The molecule has 2 aliphatic heterocycles. The minimum Gasteiger partial charge on any atom is -0.374 e. The highest BCUT2D eigenvalue weighted by Gasteiger charge is 2.26. The lowest BCUT2D eigenvalue weighted by atomic mass is 10.00. The lowest BCUT2D eigenvalue weighted by molar-refractivity contribution is 0.0886. The summed E-state index contributed by atoms with van der Waals surface area (Å²) in [7, 11) is 4.32. The standard InChI is InChI=1S/C23H29ClN4O/c1-26-11-13-28(14-12-26)22(16-25-23(29)17-3-6-20(24)7-4-17)18-5-8-21-19(15-18)9-10-27(21)2/h3-8,15,22H,9-14,16H2,1-2H3,(H,25,29). The molecule has 0 spiro atoms. The van der Waals surface area contributed by atoms with Gasteiger partial charge in [0, 0.05) is 62.6 Å². The molecule has 2 heterocycles. The summed E-state index contributed by atoms with van der Waals surface area (Å²) in [6.07, 6.45) is 1.09. The Kier molecular flexibility index (Phi) is 6.09. The van der Waals surface area contributed by atoms with Gasteiger partial charge in [-0.3, -0.25) is 9.69 Å². The van der Waals surface area contributed by atoms with Gasteiger partial charge >= 0.3 is 0 Å². The third-order valence-corrected chi connectivity index (χ3v) is 6.41. The Hall–Kier alpha value is -2.08. The topological polar surface area (TPSA) is 38.8 Å². The van der Waals surface area contributed by atoms with Gasteiger partial charge in [-0.1, -0.05) is 23.7 Å². The van der Waals surface area contributed by atoms with Gasteiger partial charge in [0.2, 0.25) is 0 Å². The molecule has 0 aromatic heterocycles. The van der Waals surface area contributed by atoms with Crippen molar-refractivity contribution in [1.29, 1.82) is 0 Å². The molecular formula is C23H29ClN4O. The minimum absolute atomic E-state index is 0.0540. The Balaban J connectivity index is 1.52. The van der Waals surface area contributed by atoms with E-state index in [4.69, 9.17) is 11.6 Å². The Morgan fingerprint density at radius 3 is 2.48 bits per heavy atom. The van der Waals surface area contributed by atoms with Crippen LogP contribution >= 0.6 is 11.6 Å². The smallest absolute Gasteiger partial charge is 0.251 e. The van der Waals surface area contributed by atoms with Crippen molar-refractivity contribution < 1.29 is 4.79 Å². The average Bonchev–Trinajstić information content (AvgIpc) is 3.10. The number of likely N-dealkylation sites (N-methyl/N-ethyl adjacent to an activating group) is 2. The molecule has 1 unspecified atom stereocenters. The highest BCUT2D eigenvalue weighted by atomic mass is 35.5. The maximum absolute atomic E-state index is 12.7. The third-order valence-electron chi connectivity index (χ3n) is 6.16. The molecule has 2 aromatic carbocycles. The summed E-state index contributed by atoms with van der Waals surface area (Å²) in [6, 6.07) is 14.0. The molecule has 1 saturated heterocycles. The Morgan fingerprint density at radius 2 is 1.76 bits per heavy atom. The molecule has 6 heteroatoms. The van der Waals surface area contributed by atoms with E-state index in [9.17, 15) is 4.79 Å². The summed E-state index contributed by atoms with van der Waals surface area (Å²) in [5.41, 5.74) is 4.67. The molecule has 2 aliphatic rings. The lowest BCUT2D eigenvalue weighted by Gasteiger charge is -2.38. The van der Waals surface area contributed by atoms with Crippen LogP contribution in [0.1, 0.15) is 27.5 Å².